The lowest BCUT2D eigenvalue weighted by molar-refractivity contribution is 0.0701. The number of aromatic nitrogens is 1. The Balaban J connectivity index is 2.18. The van der Waals surface area contributed by atoms with Crippen LogP contribution in [-0.2, 0) is 0 Å². The third kappa shape index (κ3) is 2.80. The number of pyridine rings is 1. The third-order valence-corrected chi connectivity index (χ3v) is 3.67. The van der Waals surface area contributed by atoms with Crippen LogP contribution in [0.3, 0.4) is 0 Å². The monoisotopic (exact) mass is 322 g/mol. The Morgan fingerprint density at radius 1 is 1.29 bits per heavy atom. The topological polar surface area (TPSA) is 108 Å². The van der Waals surface area contributed by atoms with Crippen LogP contribution in [0.5, 0.6) is 5.75 Å². The number of carboxylic acid groups (broad SMARTS) is 1. The van der Waals surface area contributed by atoms with Crippen LogP contribution in [0.1, 0.15) is 23.7 Å². The number of hydrogen-bond acceptors (Lipinski definition) is 4. The number of benzene rings is 2. The Bertz CT molecular complexity index is 980. The predicted molar refractivity (Wildman–Crippen MR) is 90.1 cm³/mol. The van der Waals surface area contributed by atoms with E-state index in [0.29, 0.717) is 34.0 Å². The molecule has 1 unspecified atom stereocenters. The summed E-state index contributed by atoms with van der Waals surface area (Å²) >= 11 is 0. The van der Waals surface area contributed by atoms with E-state index >= 15 is 0 Å². The molecule has 0 fully saturated rings. The second kappa shape index (κ2) is 6.44. The van der Waals surface area contributed by atoms with Crippen molar-refractivity contribution < 1.29 is 14.6 Å². The van der Waals surface area contributed by atoms with Gasteiger partial charge in [-0.25, -0.2) is 9.78 Å². The maximum absolute atomic E-state index is 11.7. The van der Waals surface area contributed by atoms with Gasteiger partial charge < -0.3 is 9.84 Å². The van der Waals surface area contributed by atoms with E-state index in [0.717, 1.165) is 0 Å². The largest absolute Gasteiger partial charge is 0.484 e. The highest BCUT2D eigenvalue weighted by atomic mass is 16.5. The Kier molecular flexibility index (Phi) is 4.18. The summed E-state index contributed by atoms with van der Waals surface area (Å²) in [4.78, 5) is 19.0. The van der Waals surface area contributed by atoms with Crippen molar-refractivity contribution in [1.29, 1.82) is 0 Å². The van der Waals surface area contributed by atoms with Gasteiger partial charge in [-0.2, -0.15) is 0 Å². The summed E-state index contributed by atoms with van der Waals surface area (Å²) in [5.41, 5.74) is 9.86. The molecule has 3 rings (SSSR count). The van der Waals surface area contributed by atoms with Gasteiger partial charge in [-0.15, -0.1) is 0 Å². The van der Waals surface area contributed by atoms with Crippen molar-refractivity contribution >= 4 is 27.8 Å². The fourth-order valence-corrected chi connectivity index (χ4v) is 2.58. The van der Waals surface area contributed by atoms with Gasteiger partial charge in [0.1, 0.15) is 5.75 Å². The molecule has 120 valence electrons. The van der Waals surface area contributed by atoms with Crippen molar-refractivity contribution in [2.24, 2.45) is 5.11 Å². The van der Waals surface area contributed by atoms with Gasteiger partial charge in [0.15, 0.2) is 6.23 Å². The van der Waals surface area contributed by atoms with Crippen molar-refractivity contribution in [2.45, 2.75) is 19.6 Å². The number of hydrogen-bond donors (Lipinski definition) is 1. The van der Waals surface area contributed by atoms with Gasteiger partial charge in [-0.05, 0) is 35.3 Å². The zero-order valence-corrected chi connectivity index (χ0v) is 12.9. The average Bonchev–Trinajstić information content (AvgIpc) is 2.58. The highest BCUT2D eigenvalue weighted by Crippen LogP contribution is 2.29. The molecular formula is C17H14N4O3. The van der Waals surface area contributed by atoms with Crippen LogP contribution >= 0.6 is 0 Å². The molecule has 1 heterocycles. The first kappa shape index (κ1) is 15.6. The number of para-hydroxylation sites is 1. The molecule has 7 nitrogen and oxygen atoms in total. The van der Waals surface area contributed by atoms with Crippen LogP contribution < -0.4 is 4.74 Å². The SMILES string of the molecule is CCC(N=[N+]=[N-])Oc1ccc2c(C(=O)O)c3ccccc3nc2c1. The van der Waals surface area contributed by atoms with E-state index in [9.17, 15) is 9.90 Å². The second-order valence-electron chi connectivity index (χ2n) is 5.17. The van der Waals surface area contributed by atoms with Crippen LogP contribution in [0.2, 0.25) is 0 Å². The van der Waals surface area contributed by atoms with E-state index in [1.807, 2.05) is 13.0 Å². The number of carboxylic acids is 1. The first-order valence-corrected chi connectivity index (χ1v) is 7.40. The Labute approximate surface area is 137 Å². The van der Waals surface area contributed by atoms with Crippen LogP contribution in [0, 0.1) is 0 Å². The van der Waals surface area contributed by atoms with E-state index in [1.165, 1.54) is 0 Å². The molecule has 0 aliphatic heterocycles. The van der Waals surface area contributed by atoms with E-state index < -0.39 is 12.2 Å². The fraction of sp³-hybridized carbons (Fsp3) is 0.176. The van der Waals surface area contributed by atoms with Gasteiger partial charge in [-0.1, -0.05) is 25.1 Å². The molecule has 0 saturated heterocycles. The number of ether oxygens (including phenoxy) is 1. The minimum absolute atomic E-state index is 0.212. The zero-order valence-electron chi connectivity index (χ0n) is 12.9. The summed E-state index contributed by atoms with van der Waals surface area (Å²) in [5, 5.41) is 14.3. The minimum atomic E-state index is -1.01. The molecule has 1 aromatic heterocycles. The van der Waals surface area contributed by atoms with Crippen molar-refractivity contribution in [2.75, 3.05) is 0 Å². The van der Waals surface area contributed by atoms with E-state index in [2.05, 4.69) is 15.0 Å². The number of fused-ring (bicyclic) bond motifs is 2. The quantitative estimate of drug-likeness (QED) is 0.322. The van der Waals surface area contributed by atoms with Gasteiger partial charge >= 0.3 is 5.97 Å². The molecule has 0 radical (unpaired) electrons. The molecule has 0 aliphatic rings. The van der Waals surface area contributed by atoms with Gasteiger partial charge in [-0.3, -0.25) is 0 Å². The summed E-state index contributed by atoms with van der Waals surface area (Å²) in [7, 11) is 0. The van der Waals surface area contributed by atoms with E-state index in [-0.39, 0.29) is 5.56 Å². The molecule has 0 bridgehead atoms. The summed E-state index contributed by atoms with van der Waals surface area (Å²) in [6, 6.07) is 12.1. The molecule has 0 saturated carbocycles. The molecule has 7 heteroatoms. The molecule has 3 aromatic rings. The zero-order chi connectivity index (χ0) is 17.1. The average molecular weight is 322 g/mol. The highest BCUT2D eigenvalue weighted by molar-refractivity contribution is 6.13. The molecule has 0 spiro atoms. The smallest absolute Gasteiger partial charge is 0.337 e. The maximum Gasteiger partial charge on any atom is 0.337 e. The second-order valence-corrected chi connectivity index (χ2v) is 5.17. The van der Waals surface area contributed by atoms with Crippen LogP contribution in [-0.4, -0.2) is 22.3 Å². The molecule has 2 aromatic carbocycles. The van der Waals surface area contributed by atoms with Gasteiger partial charge in [0.25, 0.3) is 0 Å². The van der Waals surface area contributed by atoms with Crippen molar-refractivity contribution in [3.63, 3.8) is 0 Å². The fourth-order valence-electron chi connectivity index (χ4n) is 2.58. The summed E-state index contributed by atoms with van der Waals surface area (Å²) in [6.45, 7) is 1.84. The van der Waals surface area contributed by atoms with Crippen LogP contribution in [0.25, 0.3) is 32.2 Å². The molecular weight excluding hydrogens is 308 g/mol. The van der Waals surface area contributed by atoms with E-state index in [1.54, 1.807) is 36.4 Å². The number of aromatic carboxylic acids is 1. The first-order valence-electron chi connectivity index (χ1n) is 7.40. The van der Waals surface area contributed by atoms with Crippen molar-refractivity contribution in [3.8, 4) is 5.75 Å². The van der Waals surface area contributed by atoms with Gasteiger partial charge in [0.05, 0.1) is 16.6 Å². The summed E-state index contributed by atoms with van der Waals surface area (Å²) < 4.78 is 5.62. The number of rotatable bonds is 5. The van der Waals surface area contributed by atoms with Gasteiger partial charge in [0, 0.05) is 21.8 Å². The number of azide groups is 1. The molecule has 0 amide bonds. The standard InChI is InChI=1S/C17H14N4O3/c1-2-15(20-21-18)24-10-7-8-12-14(9-10)19-13-6-4-3-5-11(13)16(12)17(22)23/h3-9,15H,2H2,1H3,(H,22,23). The number of carbonyl (C=O) groups is 1. The lowest BCUT2D eigenvalue weighted by atomic mass is 10.0. The predicted octanol–water partition coefficient (Wildman–Crippen LogP) is 4.51. The Morgan fingerprint density at radius 2 is 2.04 bits per heavy atom. The van der Waals surface area contributed by atoms with E-state index in [4.69, 9.17) is 10.3 Å². The molecule has 1 atom stereocenters. The molecule has 24 heavy (non-hydrogen) atoms. The Hall–Kier alpha value is -3.31. The maximum atomic E-state index is 11.7. The van der Waals surface area contributed by atoms with Crippen LogP contribution in [0.15, 0.2) is 47.6 Å². The Morgan fingerprint density at radius 3 is 2.75 bits per heavy atom. The highest BCUT2D eigenvalue weighted by Gasteiger charge is 2.16. The summed E-state index contributed by atoms with van der Waals surface area (Å²) in [6.07, 6.45) is -0.0972. The van der Waals surface area contributed by atoms with Crippen LogP contribution in [0.4, 0.5) is 0 Å². The summed E-state index contributed by atoms with van der Waals surface area (Å²) in [5.74, 6) is -0.534. The first-order chi connectivity index (χ1) is 11.6. The molecule has 1 N–H and O–H groups in total. The number of nitrogens with zero attached hydrogens (tertiary/aromatic N) is 4. The third-order valence-electron chi connectivity index (χ3n) is 3.67. The minimum Gasteiger partial charge on any atom is -0.484 e. The lowest BCUT2D eigenvalue weighted by Gasteiger charge is -2.13. The molecule has 0 aliphatic carbocycles. The van der Waals surface area contributed by atoms with Gasteiger partial charge in [0.2, 0.25) is 0 Å². The van der Waals surface area contributed by atoms with Crippen molar-refractivity contribution in [1.82, 2.24) is 4.98 Å². The van der Waals surface area contributed by atoms with Crippen molar-refractivity contribution in [3.05, 3.63) is 58.5 Å². The lowest BCUT2D eigenvalue weighted by Crippen LogP contribution is -2.11. The normalized spacial score (nSPS) is 11.9.